The molecule has 5 nitrogen and oxygen atoms in total. The van der Waals surface area contributed by atoms with Crippen molar-refractivity contribution in [2.75, 3.05) is 5.73 Å². The van der Waals surface area contributed by atoms with E-state index in [9.17, 15) is 0 Å². The van der Waals surface area contributed by atoms with Gasteiger partial charge in [-0.3, -0.25) is 0 Å². The van der Waals surface area contributed by atoms with Gasteiger partial charge in [-0.2, -0.15) is 5.26 Å². The Labute approximate surface area is 122 Å². The maximum atomic E-state index is 9.00. The predicted molar refractivity (Wildman–Crippen MR) is 81.0 cm³/mol. The number of anilines is 1. The van der Waals surface area contributed by atoms with Gasteiger partial charge in [0.1, 0.15) is 17.1 Å². The summed E-state index contributed by atoms with van der Waals surface area (Å²) >= 11 is 0. The van der Waals surface area contributed by atoms with E-state index in [2.05, 4.69) is 44.1 Å². The number of pyridine rings is 1. The van der Waals surface area contributed by atoms with Crippen molar-refractivity contribution in [1.29, 1.82) is 5.26 Å². The number of aromatic amines is 1. The highest BCUT2D eigenvalue weighted by Gasteiger charge is 2.18. The Bertz CT molecular complexity index is 899. The van der Waals surface area contributed by atoms with Crippen LogP contribution in [0.5, 0.6) is 0 Å². The van der Waals surface area contributed by atoms with E-state index < -0.39 is 0 Å². The molecule has 21 heavy (non-hydrogen) atoms. The number of fused-ring (bicyclic) bond motifs is 1. The van der Waals surface area contributed by atoms with Gasteiger partial charge in [0.25, 0.3) is 11.6 Å². The van der Waals surface area contributed by atoms with Gasteiger partial charge < -0.3 is 5.73 Å². The molecule has 3 rings (SSSR count). The van der Waals surface area contributed by atoms with Crippen LogP contribution in [0.1, 0.15) is 22.3 Å². The first-order valence-electron chi connectivity index (χ1n) is 6.69. The number of nitrogens with one attached hydrogen (secondary N) is 1. The zero-order chi connectivity index (χ0) is 15.1. The molecule has 2 aromatic heterocycles. The smallest absolute Gasteiger partial charge is 0.285 e. The number of nitriles is 1. The Kier molecular flexibility index (Phi) is 2.88. The molecule has 104 valence electrons. The third-order valence-electron chi connectivity index (χ3n) is 3.65. The van der Waals surface area contributed by atoms with Gasteiger partial charge in [-0.1, -0.05) is 11.6 Å². The molecule has 0 spiro atoms. The third-order valence-corrected chi connectivity index (χ3v) is 3.65. The standard InChI is InChI=1S/C16H15N5/c1-9-4-11(3)15-13(5-9)10(2)6-14(20-15)21-16(18)12(7-17)8-19-21/h4-6,8H,1-3H3,(H2,18,19)/p+1. The summed E-state index contributed by atoms with van der Waals surface area (Å²) in [5, 5.41) is 13.1. The summed E-state index contributed by atoms with van der Waals surface area (Å²) < 4.78 is 1.63. The van der Waals surface area contributed by atoms with Crippen molar-refractivity contribution in [2.45, 2.75) is 20.8 Å². The summed E-state index contributed by atoms with van der Waals surface area (Å²) in [6.07, 6.45) is 1.58. The molecule has 0 bridgehead atoms. The molecule has 0 unspecified atom stereocenters. The molecule has 3 N–H and O–H groups in total. The van der Waals surface area contributed by atoms with Crippen molar-refractivity contribution in [3.05, 3.63) is 46.6 Å². The molecular weight excluding hydrogens is 262 g/mol. The molecule has 2 heterocycles. The number of aryl methyl sites for hydroxylation is 3. The van der Waals surface area contributed by atoms with Crippen LogP contribution in [0.2, 0.25) is 0 Å². The number of hydrogen-bond donors (Lipinski definition) is 2. The van der Waals surface area contributed by atoms with E-state index in [4.69, 9.17) is 16.0 Å². The van der Waals surface area contributed by atoms with Crippen LogP contribution in [-0.2, 0) is 0 Å². The molecule has 0 saturated heterocycles. The van der Waals surface area contributed by atoms with E-state index in [0.29, 0.717) is 17.2 Å². The Morgan fingerprint density at radius 2 is 1.95 bits per heavy atom. The summed E-state index contributed by atoms with van der Waals surface area (Å²) in [6.45, 7) is 6.18. The van der Waals surface area contributed by atoms with Gasteiger partial charge in [-0.05, 0) is 38.0 Å². The molecule has 0 amide bonds. The van der Waals surface area contributed by atoms with E-state index in [0.717, 1.165) is 22.0 Å². The van der Waals surface area contributed by atoms with E-state index in [1.807, 2.05) is 6.07 Å². The number of H-pyrrole nitrogens is 1. The minimum absolute atomic E-state index is 0.369. The van der Waals surface area contributed by atoms with Crippen molar-refractivity contribution in [3.63, 3.8) is 0 Å². The Morgan fingerprint density at radius 3 is 2.62 bits per heavy atom. The number of aromatic nitrogens is 3. The lowest BCUT2D eigenvalue weighted by atomic mass is 10.0. The molecular formula is C16H16N5+. The molecule has 0 saturated carbocycles. The van der Waals surface area contributed by atoms with Crippen LogP contribution in [0, 0.1) is 32.1 Å². The fourth-order valence-corrected chi connectivity index (χ4v) is 2.61. The normalized spacial score (nSPS) is 10.8. The SMILES string of the molecule is Cc1cc(C)c2nc(-[n+]3[nH]cc(C#N)c3N)cc(C)c2c1. The summed E-state index contributed by atoms with van der Waals surface area (Å²) in [5.41, 5.74) is 10.8. The average molecular weight is 278 g/mol. The molecule has 0 fully saturated rings. The van der Waals surface area contributed by atoms with E-state index >= 15 is 0 Å². The first-order chi connectivity index (χ1) is 10.0. The first kappa shape index (κ1) is 13.1. The monoisotopic (exact) mass is 278 g/mol. The third kappa shape index (κ3) is 2.01. The van der Waals surface area contributed by atoms with Gasteiger partial charge in [0, 0.05) is 11.5 Å². The quantitative estimate of drug-likeness (QED) is 0.669. The number of benzene rings is 1. The van der Waals surface area contributed by atoms with Gasteiger partial charge in [0.15, 0.2) is 0 Å². The number of nitrogen functional groups attached to an aromatic ring is 1. The van der Waals surface area contributed by atoms with Crippen LogP contribution in [0.25, 0.3) is 16.7 Å². The first-order valence-corrected chi connectivity index (χ1v) is 6.69. The summed E-state index contributed by atoms with van der Waals surface area (Å²) in [7, 11) is 0. The van der Waals surface area contributed by atoms with Gasteiger partial charge in [0.2, 0.25) is 0 Å². The molecule has 0 aliphatic rings. The van der Waals surface area contributed by atoms with E-state index in [1.165, 1.54) is 5.56 Å². The summed E-state index contributed by atoms with van der Waals surface area (Å²) in [5.74, 6) is 1.06. The van der Waals surface area contributed by atoms with Crippen LogP contribution in [0.4, 0.5) is 5.82 Å². The molecule has 0 atom stereocenters. The van der Waals surface area contributed by atoms with Crippen LogP contribution >= 0.6 is 0 Å². The lowest BCUT2D eigenvalue weighted by Crippen LogP contribution is -2.36. The highest BCUT2D eigenvalue weighted by atomic mass is 15.3. The number of nitrogens with zero attached hydrogens (tertiary/aromatic N) is 3. The topological polar surface area (TPSA) is 82.4 Å². The molecule has 5 heteroatoms. The van der Waals surface area contributed by atoms with Crippen LogP contribution < -0.4 is 10.4 Å². The maximum Gasteiger partial charge on any atom is 0.285 e. The van der Waals surface area contributed by atoms with Gasteiger partial charge >= 0.3 is 0 Å². The average Bonchev–Trinajstić information content (AvgIpc) is 2.81. The fourth-order valence-electron chi connectivity index (χ4n) is 2.61. The highest BCUT2D eigenvalue weighted by molar-refractivity contribution is 5.86. The number of rotatable bonds is 1. The lowest BCUT2D eigenvalue weighted by molar-refractivity contribution is -0.644. The molecule has 0 radical (unpaired) electrons. The number of nitrogens with two attached hydrogens (primary N) is 1. The summed E-state index contributed by atoms with van der Waals surface area (Å²) in [6, 6.07) is 8.27. The minimum atomic E-state index is 0.369. The van der Waals surface area contributed by atoms with Crippen molar-refractivity contribution in [3.8, 4) is 11.9 Å². The fraction of sp³-hybridized carbons (Fsp3) is 0.188. The van der Waals surface area contributed by atoms with Crippen LogP contribution in [0.3, 0.4) is 0 Å². The zero-order valence-corrected chi connectivity index (χ0v) is 12.2. The van der Waals surface area contributed by atoms with Crippen molar-refractivity contribution in [2.24, 2.45) is 0 Å². The van der Waals surface area contributed by atoms with Crippen molar-refractivity contribution in [1.82, 2.24) is 10.1 Å². The number of hydrogen-bond acceptors (Lipinski definition) is 3. The molecule has 0 aliphatic carbocycles. The lowest BCUT2D eigenvalue weighted by Gasteiger charge is -2.06. The Balaban J connectivity index is 2.30. The molecule has 1 aromatic carbocycles. The second kappa shape index (κ2) is 4.60. The second-order valence-electron chi connectivity index (χ2n) is 5.29. The summed E-state index contributed by atoms with van der Waals surface area (Å²) in [4.78, 5) is 4.70. The Morgan fingerprint density at radius 1 is 1.19 bits per heavy atom. The maximum absolute atomic E-state index is 9.00. The predicted octanol–water partition coefficient (Wildman–Crippen LogP) is 2.22. The highest BCUT2D eigenvalue weighted by Crippen LogP contribution is 2.23. The largest absolute Gasteiger partial charge is 0.316 e. The Hall–Kier alpha value is -2.87. The van der Waals surface area contributed by atoms with Gasteiger partial charge in [-0.15, -0.1) is 9.67 Å². The second-order valence-corrected chi connectivity index (χ2v) is 5.29. The van der Waals surface area contributed by atoms with E-state index in [1.54, 1.807) is 10.9 Å². The molecule has 0 aliphatic heterocycles. The van der Waals surface area contributed by atoms with Crippen molar-refractivity contribution >= 4 is 16.7 Å². The van der Waals surface area contributed by atoms with Crippen molar-refractivity contribution < 1.29 is 4.68 Å². The van der Waals surface area contributed by atoms with Gasteiger partial charge in [0.05, 0.1) is 6.20 Å². The van der Waals surface area contributed by atoms with E-state index in [-0.39, 0.29) is 0 Å². The van der Waals surface area contributed by atoms with Crippen LogP contribution in [0.15, 0.2) is 24.4 Å². The van der Waals surface area contributed by atoms with Gasteiger partial charge in [-0.25, -0.2) is 5.10 Å². The van der Waals surface area contributed by atoms with Crippen LogP contribution in [-0.4, -0.2) is 10.1 Å². The minimum Gasteiger partial charge on any atom is -0.316 e. The molecule has 3 aromatic rings. The zero-order valence-electron chi connectivity index (χ0n) is 12.2.